The summed E-state index contributed by atoms with van der Waals surface area (Å²) in [5.74, 6) is -0.417. The molecule has 100 valence electrons. The van der Waals surface area contributed by atoms with Gasteiger partial charge in [0.25, 0.3) is 0 Å². The molecular formula is C13H14N2O4. The van der Waals surface area contributed by atoms with Crippen LogP contribution in [-0.4, -0.2) is 27.9 Å². The minimum absolute atomic E-state index is 0.0896. The van der Waals surface area contributed by atoms with Crippen LogP contribution in [0.1, 0.15) is 30.1 Å². The van der Waals surface area contributed by atoms with Crippen LogP contribution in [0.15, 0.2) is 29.0 Å². The molecule has 0 aliphatic carbocycles. The average Bonchev–Trinajstić information content (AvgIpc) is 2.93. The molecule has 0 radical (unpaired) electrons. The zero-order valence-corrected chi connectivity index (χ0v) is 10.5. The van der Waals surface area contributed by atoms with Crippen molar-refractivity contribution in [1.82, 2.24) is 10.2 Å². The first-order chi connectivity index (χ1) is 9.22. The second-order valence-electron chi connectivity index (χ2n) is 3.96. The summed E-state index contributed by atoms with van der Waals surface area (Å²) >= 11 is 0. The van der Waals surface area contributed by atoms with Crippen LogP contribution in [-0.2, 0) is 0 Å². The Balaban J connectivity index is 2.28. The zero-order chi connectivity index (χ0) is 13.7. The highest BCUT2D eigenvalue weighted by Gasteiger charge is 2.14. The van der Waals surface area contributed by atoms with E-state index in [1.165, 1.54) is 12.5 Å². The van der Waals surface area contributed by atoms with Gasteiger partial charge in [0.2, 0.25) is 12.3 Å². The summed E-state index contributed by atoms with van der Waals surface area (Å²) < 4.78 is 10.5. The maximum atomic E-state index is 11.2. The Morgan fingerprint density at radius 3 is 2.95 bits per heavy atom. The summed E-state index contributed by atoms with van der Waals surface area (Å²) in [6.45, 7) is 2.54. The molecule has 0 unspecified atom stereocenters. The molecule has 19 heavy (non-hydrogen) atoms. The van der Waals surface area contributed by atoms with Crippen molar-refractivity contribution in [1.29, 1.82) is 0 Å². The molecule has 0 saturated carbocycles. The smallest absolute Gasteiger partial charge is 0.339 e. The first-order valence-corrected chi connectivity index (χ1v) is 5.99. The van der Waals surface area contributed by atoms with Gasteiger partial charge in [-0.1, -0.05) is 13.3 Å². The number of carbonyl (C=O) groups is 1. The third-order valence-electron chi connectivity index (χ3n) is 2.57. The average molecular weight is 262 g/mol. The minimum atomic E-state index is -1.05. The summed E-state index contributed by atoms with van der Waals surface area (Å²) in [5.41, 5.74) is 0.643. The molecule has 1 heterocycles. The quantitative estimate of drug-likeness (QED) is 0.805. The summed E-state index contributed by atoms with van der Waals surface area (Å²) in [6, 6.07) is 4.77. The van der Waals surface area contributed by atoms with Gasteiger partial charge in [-0.05, 0) is 24.6 Å². The number of carboxylic acids is 1. The van der Waals surface area contributed by atoms with Gasteiger partial charge in [0.05, 0.1) is 6.61 Å². The minimum Gasteiger partial charge on any atom is -0.493 e. The first kappa shape index (κ1) is 13.1. The van der Waals surface area contributed by atoms with Crippen LogP contribution in [0.2, 0.25) is 0 Å². The Labute approximate surface area is 110 Å². The number of rotatable bonds is 6. The van der Waals surface area contributed by atoms with Gasteiger partial charge in [-0.15, -0.1) is 10.2 Å². The second kappa shape index (κ2) is 5.99. The molecule has 2 aromatic rings. The standard InChI is InChI=1S/C13H14N2O4/c1-2-3-6-18-11-5-4-9(7-10(11)13(16)17)12-15-14-8-19-12/h4-5,7-8H,2-3,6H2,1H3,(H,16,17). The number of benzene rings is 1. The molecule has 0 atom stereocenters. The first-order valence-electron chi connectivity index (χ1n) is 5.99. The van der Waals surface area contributed by atoms with Crippen molar-refractivity contribution < 1.29 is 19.1 Å². The van der Waals surface area contributed by atoms with Crippen LogP contribution in [0.5, 0.6) is 5.75 Å². The predicted octanol–water partition coefficient (Wildman–Crippen LogP) is 2.61. The van der Waals surface area contributed by atoms with Gasteiger partial charge in [0, 0.05) is 5.56 Å². The van der Waals surface area contributed by atoms with Gasteiger partial charge < -0.3 is 14.3 Å². The highest BCUT2D eigenvalue weighted by molar-refractivity contribution is 5.92. The van der Waals surface area contributed by atoms with Crippen LogP contribution < -0.4 is 4.74 Å². The van der Waals surface area contributed by atoms with Gasteiger partial charge >= 0.3 is 5.97 Å². The number of nitrogens with zero attached hydrogens (tertiary/aromatic N) is 2. The molecule has 1 aromatic heterocycles. The van der Waals surface area contributed by atoms with E-state index in [9.17, 15) is 9.90 Å². The second-order valence-corrected chi connectivity index (χ2v) is 3.96. The molecule has 0 amide bonds. The fourth-order valence-corrected chi connectivity index (χ4v) is 1.58. The number of hydrogen-bond acceptors (Lipinski definition) is 5. The van der Waals surface area contributed by atoms with Crippen LogP contribution in [0, 0.1) is 0 Å². The van der Waals surface area contributed by atoms with Crippen LogP contribution in [0.25, 0.3) is 11.5 Å². The molecule has 0 bridgehead atoms. The van der Waals surface area contributed by atoms with E-state index in [0.717, 1.165) is 12.8 Å². The van der Waals surface area contributed by atoms with E-state index in [1.54, 1.807) is 12.1 Å². The lowest BCUT2D eigenvalue weighted by atomic mass is 10.1. The molecule has 1 aromatic carbocycles. The molecule has 0 spiro atoms. The molecule has 2 rings (SSSR count). The molecule has 0 aliphatic rings. The van der Waals surface area contributed by atoms with E-state index in [4.69, 9.17) is 9.15 Å². The van der Waals surface area contributed by atoms with Gasteiger partial charge in [-0.2, -0.15) is 0 Å². The highest BCUT2D eigenvalue weighted by atomic mass is 16.5. The van der Waals surface area contributed by atoms with E-state index < -0.39 is 5.97 Å². The van der Waals surface area contributed by atoms with E-state index in [0.29, 0.717) is 17.9 Å². The third kappa shape index (κ3) is 3.09. The van der Waals surface area contributed by atoms with Crippen LogP contribution >= 0.6 is 0 Å². The van der Waals surface area contributed by atoms with Crippen LogP contribution in [0.3, 0.4) is 0 Å². The largest absolute Gasteiger partial charge is 0.493 e. The molecule has 6 nitrogen and oxygen atoms in total. The lowest BCUT2D eigenvalue weighted by molar-refractivity contribution is 0.0692. The Morgan fingerprint density at radius 1 is 1.47 bits per heavy atom. The van der Waals surface area contributed by atoms with Crippen molar-refractivity contribution in [2.24, 2.45) is 0 Å². The third-order valence-corrected chi connectivity index (χ3v) is 2.57. The molecule has 0 aliphatic heterocycles. The molecule has 6 heteroatoms. The highest BCUT2D eigenvalue weighted by Crippen LogP contribution is 2.25. The molecule has 0 fully saturated rings. The predicted molar refractivity (Wildman–Crippen MR) is 67.1 cm³/mol. The lowest BCUT2D eigenvalue weighted by Gasteiger charge is -2.09. The number of hydrogen-bond donors (Lipinski definition) is 1. The van der Waals surface area contributed by atoms with E-state index in [-0.39, 0.29) is 11.5 Å². The number of unbranched alkanes of at least 4 members (excludes halogenated alkanes) is 1. The maximum Gasteiger partial charge on any atom is 0.339 e. The van der Waals surface area contributed by atoms with Gasteiger partial charge in [0.15, 0.2) is 0 Å². The summed E-state index contributed by atoms with van der Waals surface area (Å²) in [7, 11) is 0. The molecule has 1 N–H and O–H groups in total. The number of ether oxygens (including phenoxy) is 1. The van der Waals surface area contributed by atoms with Crippen LogP contribution in [0.4, 0.5) is 0 Å². The van der Waals surface area contributed by atoms with Gasteiger partial charge in [-0.3, -0.25) is 0 Å². The summed E-state index contributed by atoms with van der Waals surface area (Å²) in [5, 5.41) is 16.5. The van der Waals surface area contributed by atoms with Gasteiger partial charge in [0.1, 0.15) is 11.3 Å². The van der Waals surface area contributed by atoms with Crippen molar-refractivity contribution in [3.8, 4) is 17.2 Å². The van der Waals surface area contributed by atoms with Crippen molar-refractivity contribution in [3.63, 3.8) is 0 Å². The number of aromatic carboxylic acids is 1. The number of carboxylic acid groups (broad SMARTS) is 1. The monoisotopic (exact) mass is 262 g/mol. The number of aromatic nitrogens is 2. The summed E-state index contributed by atoms with van der Waals surface area (Å²) in [6.07, 6.45) is 3.06. The molecule has 0 saturated heterocycles. The van der Waals surface area contributed by atoms with E-state index >= 15 is 0 Å². The maximum absolute atomic E-state index is 11.2. The van der Waals surface area contributed by atoms with Crippen molar-refractivity contribution in [2.75, 3.05) is 6.61 Å². The van der Waals surface area contributed by atoms with Crippen molar-refractivity contribution in [2.45, 2.75) is 19.8 Å². The SMILES string of the molecule is CCCCOc1ccc(-c2nnco2)cc1C(=O)O. The Morgan fingerprint density at radius 2 is 2.32 bits per heavy atom. The topological polar surface area (TPSA) is 85.5 Å². The van der Waals surface area contributed by atoms with Gasteiger partial charge in [-0.25, -0.2) is 4.79 Å². The van der Waals surface area contributed by atoms with E-state index in [2.05, 4.69) is 10.2 Å². The van der Waals surface area contributed by atoms with Crippen molar-refractivity contribution >= 4 is 5.97 Å². The fourth-order valence-electron chi connectivity index (χ4n) is 1.58. The summed E-state index contributed by atoms with van der Waals surface area (Å²) in [4.78, 5) is 11.2. The fraction of sp³-hybridized carbons (Fsp3) is 0.308. The Hall–Kier alpha value is -2.37. The normalized spacial score (nSPS) is 10.4. The Kier molecular flexibility index (Phi) is 4.12. The van der Waals surface area contributed by atoms with E-state index in [1.807, 2.05) is 6.92 Å². The molecular weight excluding hydrogens is 248 g/mol. The lowest BCUT2D eigenvalue weighted by Crippen LogP contribution is -2.04. The zero-order valence-electron chi connectivity index (χ0n) is 10.5. The Bertz CT molecular complexity index is 552. The van der Waals surface area contributed by atoms with Crippen molar-refractivity contribution in [3.05, 3.63) is 30.2 Å².